The Bertz CT molecular complexity index is 746. The molecule has 1 aromatic heterocycles. The van der Waals surface area contributed by atoms with Crippen molar-refractivity contribution in [3.63, 3.8) is 0 Å². The average Bonchev–Trinajstić information content (AvgIpc) is 3.00. The molecule has 0 saturated heterocycles. The summed E-state index contributed by atoms with van der Waals surface area (Å²) in [6.45, 7) is 8.40. The van der Waals surface area contributed by atoms with E-state index in [1.54, 1.807) is 24.3 Å². The lowest BCUT2D eigenvalue weighted by molar-refractivity contribution is -0.115. The Kier molecular flexibility index (Phi) is 6.95. The number of thioether (sulfide) groups is 1. The van der Waals surface area contributed by atoms with E-state index in [2.05, 4.69) is 34.7 Å². The summed E-state index contributed by atoms with van der Waals surface area (Å²) in [7, 11) is 0. The molecule has 0 aliphatic rings. The highest BCUT2D eigenvalue weighted by Gasteiger charge is 2.17. The molecule has 1 unspecified atom stereocenters. The normalized spacial score (nSPS) is 12.0. The number of rotatable bonds is 8. The zero-order valence-electron chi connectivity index (χ0n) is 14.7. The molecule has 0 aliphatic carbocycles. The van der Waals surface area contributed by atoms with Crippen LogP contribution in [0, 0.1) is 5.92 Å². The van der Waals surface area contributed by atoms with Gasteiger partial charge in [-0.05, 0) is 31.9 Å². The van der Waals surface area contributed by atoms with E-state index in [1.165, 1.54) is 30.0 Å². The van der Waals surface area contributed by atoms with Gasteiger partial charge in [0.1, 0.15) is 0 Å². The van der Waals surface area contributed by atoms with Crippen LogP contribution in [0.1, 0.15) is 38.1 Å². The SMILES string of the molecule is CC(=O)c1cccc(NC(=O)C(C)Sc2nnc(NCC(C)C)s2)c1. The minimum atomic E-state index is -0.327. The Morgan fingerprint density at radius 3 is 2.68 bits per heavy atom. The lowest BCUT2D eigenvalue weighted by atomic mass is 10.1. The number of hydrogen-bond donors (Lipinski definition) is 2. The van der Waals surface area contributed by atoms with Gasteiger partial charge in [0.05, 0.1) is 5.25 Å². The number of nitrogens with one attached hydrogen (secondary N) is 2. The van der Waals surface area contributed by atoms with E-state index < -0.39 is 0 Å². The summed E-state index contributed by atoms with van der Waals surface area (Å²) < 4.78 is 0.742. The third-order valence-corrected chi connectivity index (χ3v) is 5.32. The molecule has 2 aromatic rings. The molecule has 2 rings (SSSR count). The molecule has 1 amide bonds. The van der Waals surface area contributed by atoms with Crippen LogP contribution < -0.4 is 10.6 Å². The first-order valence-electron chi connectivity index (χ1n) is 8.01. The van der Waals surface area contributed by atoms with Crippen molar-refractivity contribution in [1.82, 2.24) is 10.2 Å². The first-order valence-corrected chi connectivity index (χ1v) is 9.70. The molecule has 1 atom stereocenters. The van der Waals surface area contributed by atoms with Crippen molar-refractivity contribution in [2.45, 2.75) is 37.3 Å². The highest BCUT2D eigenvalue weighted by molar-refractivity contribution is 8.02. The molecule has 6 nitrogen and oxygen atoms in total. The lowest BCUT2D eigenvalue weighted by Crippen LogP contribution is -2.22. The second-order valence-corrected chi connectivity index (χ2v) is 8.60. The smallest absolute Gasteiger partial charge is 0.237 e. The first kappa shape index (κ1) is 19.4. The van der Waals surface area contributed by atoms with Crippen molar-refractivity contribution in [3.8, 4) is 0 Å². The van der Waals surface area contributed by atoms with E-state index in [0.29, 0.717) is 17.2 Å². The fourth-order valence-corrected chi connectivity index (χ4v) is 3.79. The van der Waals surface area contributed by atoms with Crippen LogP contribution in [0.3, 0.4) is 0 Å². The molecule has 1 aromatic carbocycles. The fraction of sp³-hybridized carbons (Fsp3) is 0.412. The molecule has 25 heavy (non-hydrogen) atoms. The maximum atomic E-state index is 12.3. The van der Waals surface area contributed by atoms with E-state index >= 15 is 0 Å². The van der Waals surface area contributed by atoms with Gasteiger partial charge in [0.15, 0.2) is 10.1 Å². The molecular formula is C17H22N4O2S2. The number of amides is 1. The number of aromatic nitrogens is 2. The molecule has 1 heterocycles. The van der Waals surface area contributed by atoms with Crippen LogP contribution in [0.15, 0.2) is 28.6 Å². The van der Waals surface area contributed by atoms with Gasteiger partial charge in [0.2, 0.25) is 11.0 Å². The van der Waals surface area contributed by atoms with Crippen LogP contribution in [0.25, 0.3) is 0 Å². The van der Waals surface area contributed by atoms with Crippen LogP contribution in [-0.4, -0.2) is 33.7 Å². The molecule has 0 aliphatic heterocycles. The summed E-state index contributed by atoms with van der Waals surface area (Å²) in [4.78, 5) is 23.8. The second-order valence-electron chi connectivity index (χ2n) is 6.03. The van der Waals surface area contributed by atoms with Crippen molar-refractivity contribution in [2.24, 2.45) is 5.92 Å². The topological polar surface area (TPSA) is 84.0 Å². The van der Waals surface area contributed by atoms with E-state index in [0.717, 1.165) is 16.0 Å². The zero-order valence-corrected chi connectivity index (χ0v) is 16.3. The first-order chi connectivity index (χ1) is 11.8. The maximum Gasteiger partial charge on any atom is 0.237 e. The fourth-order valence-electron chi connectivity index (χ4n) is 1.88. The van der Waals surface area contributed by atoms with Gasteiger partial charge in [-0.25, -0.2) is 0 Å². The average molecular weight is 379 g/mol. The quantitative estimate of drug-likeness (QED) is 0.535. The van der Waals surface area contributed by atoms with Crippen molar-refractivity contribution in [1.29, 1.82) is 0 Å². The standard InChI is InChI=1S/C17H22N4O2S2/c1-10(2)9-18-16-20-21-17(25-16)24-12(4)15(23)19-14-7-5-6-13(8-14)11(3)22/h5-8,10,12H,9H2,1-4H3,(H,18,20)(H,19,23). The number of ketones is 1. The van der Waals surface area contributed by atoms with Crippen molar-refractivity contribution in [3.05, 3.63) is 29.8 Å². The predicted octanol–water partition coefficient (Wildman–Crippen LogP) is 3.93. The Morgan fingerprint density at radius 2 is 2.00 bits per heavy atom. The third kappa shape index (κ3) is 6.13. The number of anilines is 2. The summed E-state index contributed by atoms with van der Waals surface area (Å²) in [5.41, 5.74) is 1.19. The van der Waals surface area contributed by atoms with Gasteiger partial charge in [-0.2, -0.15) is 0 Å². The van der Waals surface area contributed by atoms with Crippen molar-refractivity contribution >= 4 is 45.6 Å². The summed E-state index contributed by atoms with van der Waals surface area (Å²) >= 11 is 2.80. The van der Waals surface area contributed by atoms with Gasteiger partial charge in [0.25, 0.3) is 0 Å². The Morgan fingerprint density at radius 1 is 1.24 bits per heavy atom. The van der Waals surface area contributed by atoms with E-state index in [1.807, 2.05) is 6.92 Å². The highest BCUT2D eigenvalue weighted by atomic mass is 32.2. The van der Waals surface area contributed by atoms with Gasteiger partial charge in [0, 0.05) is 17.8 Å². The number of hydrogen-bond acceptors (Lipinski definition) is 7. The van der Waals surface area contributed by atoms with Crippen LogP contribution in [-0.2, 0) is 4.79 Å². The van der Waals surface area contributed by atoms with Gasteiger partial charge in [-0.1, -0.05) is 49.1 Å². The van der Waals surface area contributed by atoms with Gasteiger partial charge in [-0.15, -0.1) is 10.2 Å². The van der Waals surface area contributed by atoms with Crippen LogP contribution >= 0.6 is 23.1 Å². The van der Waals surface area contributed by atoms with Gasteiger partial charge in [-0.3, -0.25) is 9.59 Å². The Balaban J connectivity index is 1.92. The molecule has 0 spiro atoms. The zero-order chi connectivity index (χ0) is 18.4. The number of Topliss-reactive ketones (excluding diaryl/α,β-unsaturated/α-hetero) is 1. The predicted molar refractivity (Wildman–Crippen MR) is 104 cm³/mol. The van der Waals surface area contributed by atoms with E-state index in [-0.39, 0.29) is 16.9 Å². The summed E-state index contributed by atoms with van der Waals surface area (Å²) in [6.07, 6.45) is 0. The van der Waals surface area contributed by atoms with Crippen LogP contribution in [0.4, 0.5) is 10.8 Å². The minimum Gasteiger partial charge on any atom is -0.360 e. The third-order valence-electron chi connectivity index (χ3n) is 3.25. The molecule has 2 N–H and O–H groups in total. The number of carbonyl (C=O) groups is 2. The van der Waals surface area contributed by atoms with Crippen LogP contribution in [0.2, 0.25) is 0 Å². The Hall–Kier alpha value is -1.93. The molecular weight excluding hydrogens is 356 g/mol. The number of carbonyl (C=O) groups excluding carboxylic acids is 2. The molecule has 134 valence electrons. The van der Waals surface area contributed by atoms with E-state index in [4.69, 9.17) is 0 Å². The molecule has 0 saturated carbocycles. The highest BCUT2D eigenvalue weighted by Crippen LogP contribution is 2.29. The summed E-state index contributed by atoms with van der Waals surface area (Å²) in [5.74, 6) is 0.349. The summed E-state index contributed by atoms with van der Waals surface area (Å²) in [6, 6.07) is 6.92. The van der Waals surface area contributed by atoms with Gasteiger partial charge >= 0.3 is 0 Å². The minimum absolute atomic E-state index is 0.0335. The second kappa shape index (κ2) is 8.96. The lowest BCUT2D eigenvalue weighted by Gasteiger charge is -2.10. The number of nitrogens with zero attached hydrogens (tertiary/aromatic N) is 2. The van der Waals surface area contributed by atoms with Crippen molar-refractivity contribution < 1.29 is 9.59 Å². The maximum absolute atomic E-state index is 12.3. The molecule has 0 radical (unpaired) electrons. The molecule has 0 bridgehead atoms. The molecule has 8 heteroatoms. The van der Waals surface area contributed by atoms with Crippen molar-refractivity contribution in [2.75, 3.05) is 17.2 Å². The van der Waals surface area contributed by atoms with Gasteiger partial charge < -0.3 is 10.6 Å². The largest absolute Gasteiger partial charge is 0.360 e. The summed E-state index contributed by atoms with van der Waals surface area (Å²) in [5, 5.41) is 14.7. The monoisotopic (exact) mass is 378 g/mol. The van der Waals surface area contributed by atoms with E-state index in [9.17, 15) is 9.59 Å². The number of benzene rings is 1. The van der Waals surface area contributed by atoms with Crippen LogP contribution in [0.5, 0.6) is 0 Å². The Labute approximate surface area is 155 Å². The molecule has 0 fully saturated rings.